The van der Waals surface area contributed by atoms with Gasteiger partial charge in [-0.3, -0.25) is 14.5 Å². The van der Waals surface area contributed by atoms with Crippen molar-refractivity contribution in [3.05, 3.63) is 58.6 Å². The molecule has 6 heteroatoms. The van der Waals surface area contributed by atoms with Crippen molar-refractivity contribution < 1.29 is 9.59 Å². The molecule has 0 radical (unpaired) electrons. The Morgan fingerprint density at radius 3 is 2.24 bits per heavy atom. The van der Waals surface area contributed by atoms with E-state index in [1.807, 2.05) is 44.2 Å². The Labute approximate surface area is 178 Å². The van der Waals surface area contributed by atoms with Crippen molar-refractivity contribution in [2.24, 2.45) is 0 Å². The van der Waals surface area contributed by atoms with Gasteiger partial charge >= 0.3 is 0 Å². The van der Waals surface area contributed by atoms with Crippen LogP contribution in [0.1, 0.15) is 44.2 Å². The number of benzene rings is 2. The van der Waals surface area contributed by atoms with E-state index in [1.165, 1.54) is 0 Å². The molecule has 1 atom stereocenters. The average molecular weight is 416 g/mol. The molecule has 29 heavy (non-hydrogen) atoms. The van der Waals surface area contributed by atoms with E-state index in [9.17, 15) is 9.59 Å². The first-order chi connectivity index (χ1) is 13.8. The molecule has 0 bridgehead atoms. The summed E-state index contributed by atoms with van der Waals surface area (Å²) in [5.41, 5.74) is 3.58. The predicted molar refractivity (Wildman–Crippen MR) is 121 cm³/mol. The Kier molecular flexibility index (Phi) is 8.68. The first-order valence-electron chi connectivity index (χ1n) is 10.0. The second-order valence-corrected chi connectivity index (χ2v) is 7.69. The first kappa shape index (κ1) is 22.9. The fourth-order valence-electron chi connectivity index (χ4n) is 3.05. The van der Waals surface area contributed by atoms with Crippen LogP contribution in [0.25, 0.3) is 0 Å². The Hall–Kier alpha value is -2.37. The monoisotopic (exact) mass is 415 g/mol. The Bertz CT molecular complexity index is 854. The summed E-state index contributed by atoms with van der Waals surface area (Å²) in [4.78, 5) is 26.8. The number of nitrogens with zero attached hydrogens (tertiary/aromatic N) is 1. The number of anilines is 2. The lowest BCUT2D eigenvalue weighted by Gasteiger charge is -2.21. The summed E-state index contributed by atoms with van der Waals surface area (Å²) in [5, 5.41) is 6.44. The molecule has 0 unspecified atom stereocenters. The molecular weight excluding hydrogens is 386 g/mol. The van der Waals surface area contributed by atoms with Crippen LogP contribution in [-0.4, -0.2) is 36.3 Å². The van der Waals surface area contributed by atoms with E-state index in [0.717, 1.165) is 23.2 Å². The fourth-order valence-corrected chi connectivity index (χ4v) is 3.23. The standard InChI is InChI=1S/C23H30ClN3O2/c1-5-16(3)19-9-7-8-10-20(19)25-22(28)14-27(6-2)15-23(29)26-21-13-18(24)12-11-17(21)4/h7-13,16H,5-6,14-15H2,1-4H3,(H,25,28)(H,26,29)/t16-/m0/s1. The van der Waals surface area contributed by atoms with Gasteiger partial charge in [0, 0.05) is 16.4 Å². The number of aryl methyl sites for hydroxylation is 1. The molecule has 2 N–H and O–H groups in total. The highest BCUT2D eigenvalue weighted by Gasteiger charge is 2.16. The number of amides is 2. The van der Waals surface area contributed by atoms with Gasteiger partial charge in [-0.2, -0.15) is 0 Å². The third-order valence-corrected chi connectivity index (χ3v) is 5.27. The maximum absolute atomic E-state index is 12.6. The summed E-state index contributed by atoms with van der Waals surface area (Å²) in [5.74, 6) is 0.0554. The van der Waals surface area contributed by atoms with E-state index in [0.29, 0.717) is 23.2 Å². The zero-order chi connectivity index (χ0) is 21.4. The normalized spacial score (nSPS) is 11.9. The van der Waals surface area contributed by atoms with Crippen molar-refractivity contribution in [3.8, 4) is 0 Å². The van der Waals surface area contributed by atoms with E-state index >= 15 is 0 Å². The second kappa shape index (κ2) is 11.0. The lowest BCUT2D eigenvalue weighted by atomic mass is 9.97. The molecule has 0 saturated heterocycles. The zero-order valence-corrected chi connectivity index (χ0v) is 18.3. The molecule has 0 heterocycles. The highest BCUT2D eigenvalue weighted by atomic mass is 35.5. The van der Waals surface area contributed by atoms with Crippen molar-refractivity contribution in [1.82, 2.24) is 4.90 Å². The highest BCUT2D eigenvalue weighted by molar-refractivity contribution is 6.31. The number of carbonyl (C=O) groups is 2. The van der Waals surface area contributed by atoms with Gasteiger partial charge in [-0.15, -0.1) is 0 Å². The highest BCUT2D eigenvalue weighted by Crippen LogP contribution is 2.26. The molecule has 2 aromatic rings. The number of likely N-dealkylation sites (N-methyl/N-ethyl adjacent to an activating group) is 1. The number of nitrogens with one attached hydrogen (secondary N) is 2. The maximum Gasteiger partial charge on any atom is 0.238 e. The molecule has 0 aliphatic heterocycles. The summed E-state index contributed by atoms with van der Waals surface area (Å²) in [6.45, 7) is 8.97. The van der Waals surface area contributed by atoms with Gasteiger partial charge in [-0.1, -0.05) is 56.6 Å². The molecule has 0 saturated carbocycles. The lowest BCUT2D eigenvalue weighted by molar-refractivity contribution is -0.119. The molecule has 0 fully saturated rings. The van der Waals surface area contributed by atoms with Gasteiger partial charge in [-0.05, 0) is 55.1 Å². The van der Waals surface area contributed by atoms with Crippen molar-refractivity contribution in [2.45, 2.75) is 40.0 Å². The number of carbonyl (C=O) groups excluding carboxylic acids is 2. The summed E-state index contributed by atoms with van der Waals surface area (Å²) in [6.07, 6.45) is 0.997. The van der Waals surface area contributed by atoms with Gasteiger partial charge in [0.1, 0.15) is 0 Å². The van der Waals surface area contributed by atoms with Gasteiger partial charge in [0.25, 0.3) is 0 Å². The number of para-hydroxylation sites is 1. The van der Waals surface area contributed by atoms with Crippen molar-refractivity contribution in [1.29, 1.82) is 0 Å². The average Bonchev–Trinajstić information content (AvgIpc) is 2.70. The minimum absolute atomic E-state index is 0.128. The van der Waals surface area contributed by atoms with Crippen LogP contribution < -0.4 is 10.6 Å². The Morgan fingerprint density at radius 2 is 1.62 bits per heavy atom. The summed E-state index contributed by atoms with van der Waals surface area (Å²) < 4.78 is 0. The van der Waals surface area contributed by atoms with E-state index in [2.05, 4.69) is 24.5 Å². The Balaban J connectivity index is 1.96. The van der Waals surface area contributed by atoms with Gasteiger partial charge in [0.05, 0.1) is 13.1 Å². The van der Waals surface area contributed by atoms with Crippen LogP contribution in [0.5, 0.6) is 0 Å². The topological polar surface area (TPSA) is 61.4 Å². The van der Waals surface area contributed by atoms with Crippen LogP contribution in [0.4, 0.5) is 11.4 Å². The second-order valence-electron chi connectivity index (χ2n) is 7.26. The van der Waals surface area contributed by atoms with Crippen molar-refractivity contribution >= 4 is 34.8 Å². The molecule has 5 nitrogen and oxygen atoms in total. The SMILES string of the molecule is CC[C@H](C)c1ccccc1NC(=O)CN(CC)CC(=O)Nc1cc(Cl)ccc1C. The summed E-state index contributed by atoms with van der Waals surface area (Å²) >= 11 is 6.01. The first-order valence-corrected chi connectivity index (χ1v) is 10.4. The van der Waals surface area contributed by atoms with Crippen LogP contribution >= 0.6 is 11.6 Å². The third-order valence-electron chi connectivity index (χ3n) is 5.03. The smallest absolute Gasteiger partial charge is 0.238 e. The third kappa shape index (κ3) is 6.87. The molecule has 2 amide bonds. The largest absolute Gasteiger partial charge is 0.325 e. The van der Waals surface area contributed by atoms with E-state index in [1.54, 1.807) is 17.0 Å². The van der Waals surface area contributed by atoms with Gasteiger partial charge < -0.3 is 10.6 Å². The molecule has 0 aromatic heterocycles. The quantitative estimate of drug-likeness (QED) is 0.601. The van der Waals surface area contributed by atoms with Gasteiger partial charge in [0.2, 0.25) is 11.8 Å². The predicted octanol–water partition coefficient (Wildman–Crippen LogP) is 5.06. The number of rotatable bonds is 9. The van der Waals surface area contributed by atoms with E-state index < -0.39 is 0 Å². The molecule has 0 aliphatic rings. The molecule has 0 spiro atoms. The van der Waals surface area contributed by atoms with Gasteiger partial charge in [-0.25, -0.2) is 0 Å². The summed E-state index contributed by atoms with van der Waals surface area (Å²) in [7, 11) is 0. The van der Waals surface area contributed by atoms with Crippen molar-refractivity contribution in [2.75, 3.05) is 30.3 Å². The van der Waals surface area contributed by atoms with Crippen LogP contribution in [0, 0.1) is 6.92 Å². The minimum Gasteiger partial charge on any atom is -0.325 e. The molecule has 156 valence electrons. The van der Waals surface area contributed by atoms with Gasteiger partial charge in [0.15, 0.2) is 0 Å². The van der Waals surface area contributed by atoms with E-state index in [-0.39, 0.29) is 24.9 Å². The maximum atomic E-state index is 12.6. The number of halogens is 1. The van der Waals surface area contributed by atoms with Crippen LogP contribution in [0.2, 0.25) is 5.02 Å². The van der Waals surface area contributed by atoms with Crippen molar-refractivity contribution in [3.63, 3.8) is 0 Å². The molecular formula is C23H30ClN3O2. The number of hydrogen-bond donors (Lipinski definition) is 2. The lowest BCUT2D eigenvalue weighted by Crippen LogP contribution is -2.38. The fraction of sp³-hybridized carbons (Fsp3) is 0.391. The van der Waals surface area contributed by atoms with Crippen LogP contribution in [0.15, 0.2) is 42.5 Å². The molecule has 0 aliphatic carbocycles. The zero-order valence-electron chi connectivity index (χ0n) is 17.6. The number of hydrogen-bond acceptors (Lipinski definition) is 3. The Morgan fingerprint density at radius 1 is 1.00 bits per heavy atom. The molecule has 2 rings (SSSR count). The summed E-state index contributed by atoms with van der Waals surface area (Å²) in [6, 6.07) is 13.2. The van der Waals surface area contributed by atoms with E-state index in [4.69, 9.17) is 11.6 Å². The van der Waals surface area contributed by atoms with Crippen LogP contribution in [-0.2, 0) is 9.59 Å². The van der Waals surface area contributed by atoms with Crippen LogP contribution in [0.3, 0.4) is 0 Å². The molecule has 2 aromatic carbocycles. The minimum atomic E-state index is -0.176.